The predicted octanol–water partition coefficient (Wildman–Crippen LogP) is 0.747. The molecule has 0 heterocycles. The monoisotopic (exact) mass is 385 g/mol. The molecule has 138 valence electrons. The van der Waals surface area contributed by atoms with Gasteiger partial charge in [0.05, 0.1) is 12.5 Å². The number of anilines is 1. The lowest BCUT2D eigenvalue weighted by Gasteiger charge is -2.14. The summed E-state index contributed by atoms with van der Waals surface area (Å²) in [6, 6.07) is 5.14. The molecule has 0 saturated heterocycles. The van der Waals surface area contributed by atoms with Crippen LogP contribution in [0.15, 0.2) is 24.3 Å². The summed E-state index contributed by atoms with van der Waals surface area (Å²) in [7, 11) is 0. The molecule has 0 bridgehead atoms. The van der Waals surface area contributed by atoms with Crippen molar-refractivity contribution in [2.75, 3.05) is 23.1 Å². The summed E-state index contributed by atoms with van der Waals surface area (Å²) in [5, 5.41) is 14.3. The van der Waals surface area contributed by atoms with Crippen molar-refractivity contribution < 1.29 is 19.5 Å². The minimum atomic E-state index is -1.05. The first-order valence-electron chi connectivity index (χ1n) is 7.64. The van der Waals surface area contributed by atoms with Gasteiger partial charge < -0.3 is 21.5 Å². The van der Waals surface area contributed by atoms with Crippen LogP contribution in [0.5, 0.6) is 0 Å². The van der Waals surface area contributed by atoms with Gasteiger partial charge in [0.25, 0.3) is 0 Å². The molecule has 0 aliphatic rings. The third kappa shape index (κ3) is 7.80. The highest BCUT2D eigenvalue weighted by Gasteiger charge is 2.19. The van der Waals surface area contributed by atoms with Gasteiger partial charge in [-0.15, -0.1) is 0 Å². The molecule has 9 heteroatoms. The third-order valence-electron chi connectivity index (χ3n) is 3.34. The van der Waals surface area contributed by atoms with Gasteiger partial charge in [-0.3, -0.25) is 9.59 Å². The van der Waals surface area contributed by atoms with Gasteiger partial charge in [-0.1, -0.05) is 12.1 Å². The molecule has 7 nitrogen and oxygen atoms in total. The maximum atomic E-state index is 12.1. The Morgan fingerprint density at radius 2 is 2.08 bits per heavy atom. The van der Waals surface area contributed by atoms with Gasteiger partial charge in [-0.2, -0.15) is 24.4 Å². The molecule has 5 N–H and O–H groups in total. The van der Waals surface area contributed by atoms with E-state index in [1.54, 1.807) is 24.3 Å². The molecule has 0 fully saturated rings. The van der Waals surface area contributed by atoms with E-state index in [9.17, 15) is 14.4 Å². The first-order chi connectivity index (χ1) is 11.9. The highest BCUT2D eigenvalue weighted by Crippen LogP contribution is 2.12. The van der Waals surface area contributed by atoms with Crippen LogP contribution >= 0.6 is 24.4 Å². The van der Waals surface area contributed by atoms with Crippen molar-refractivity contribution in [2.45, 2.75) is 24.9 Å². The zero-order chi connectivity index (χ0) is 18.8. The summed E-state index contributed by atoms with van der Waals surface area (Å²) < 4.78 is 0. The second-order valence-electron chi connectivity index (χ2n) is 5.40. The van der Waals surface area contributed by atoms with Crippen molar-refractivity contribution in [3.05, 3.63) is 29.8 Å². The number of carboxylic acids is 1. The number of nitrogens with one attached hydrogen (secondary N) is 2. The molecule has 1 aromatic rings. The maximum absolute atomic E-state index is 12.1. The number of benzene rings is 1. The van der Waals surface area contributed by atoms with Crippen LogP contribution in [0.4, 0.5) is 5.69 Å². The average molecular weight is 386 g/mol. The number of amides is 2. The van der Waals surface area contributed by atoms with Gasteiger partial charge in [0.15, 0.2) is 0 Å². The second-order valence-corrected chi connectivity index (χ2v) is 6.75. The standard InChI is InChI=1S/C16H23N3O4S2/c1-25-6-5-13(16(22)23)19-14(20)8-10-3-2-4-11(7-10)18-15(21)12(17)9-24/h2-4,7,12-13,24H,5-6,8-9,17H2,1H3,(H,18,21)(H,19,20)(H,22,23)/t12-,13-/m0/s1. The van der Waals surface area contributed by atoms with Crippen LogP contribution in [-0.2, 0) is 20.8 Å². The van der Waals surface area contributed by atoms with E-state index >= 15 is 0 Å². The number of hydrogen-bond donors (Lipinski definition) is 5. The molecule has 0 unspecified atom stereocenters. The Morgan fingerprint density at radius 3 is 2.68 bits per heavy atom. The maximum Gasteiger partial charge on any atom is 0.326 e. The van der Waals surface area contributed by atoms with Crippen molar-refractivity contribution >= 4 is 47.9 Å². The molecule has 2 atom stereocenters. The third-order valence-corrected chi connectivity index (χ3v) is 4.37. The fraction of sp³-hybridized carbons (Fsp3) is 0.438. The normalized spacial score (nSPS) is 12.9. The van der Waals surface area contributed by atoms with Crippen molar-refractivity contribution in [3.63, 3.8) is 0 Å². The summed E-state index contributed by atoms with van der Waals surface area (Å²) in [5.41, 5.74) is 6.77. The molecule has 0 aliphatic heterocycles. The molecular weight excluding hydrogens is 362 g/mol. The van der Waals surface area contributed by atoms with E-state index in [4.69, 9.17) is 10.8 Å². The zero-order valence-corrected chi connectivity index (χ0v) is 15.6. The predicted molar refractivity (Wildman–Crippen MR) is 103 cm³/mol. The van der Waals surface area contributed by atoms with Crippen molar-refractivity contribution in [3.8, 4) is 0 Å². The van der Waals surface area contributed by atoms with E-state index in [-0.39, 0.29) is 24.0 Å². The van der Waals surface area contributed by atoms with Crippen LogP contribution < -0.4 is 16.4 Å². The fourth-order valence-electron chi connectivity index (χ4n) is 2.00. The van der Waals surface area contributed by atoms with Crippen molar-refractivity contribution in [1.82, 2.24) is 5.32 Å². The summed E-state index contributed by atoms with van der Waals surface area (Å²) in [6.45, 7) is 0. The molecule has 0 radical (unpaired) electrons. The van der Waals surface area contributed by atoms with Gasteiger partial charge in [0, 0.05) is 11.4 Å². The number of aliphatic carboxylic acids is 1. The first kappa shape index (κ1) is 21.3. The molecule has 1 aromatic carbocycles. The number of hydrogen-bond acceptors (Lipinski definition) is 6. The molecule has 0 aromatic heterocycles. The Labute approximate surface area is 156 Å². The van der Waals surface area contributed by atoms with E-state index in [1.165, 1.54) is 11.8 Å². The molecule has 25 heavy (non-hydrogen) atoms. The SMILES string of the molecule is CSCC[C@H](NC(=O)Cc1cccc(NC(=O)[C@@H](N)CS)c1)C(=O)O. The number of carbonyl (C=O) groups excluding carboxylic acids is 2. The lowest BCUT2D eigenvalue weighted by molar-refractivity contribution is -0.141. The van der Waals surface area contributed by atoms with Crippen molar-refractivity contribution in [1.29, 1.82) is 0 Å². The Hall–Kier alpha value is -1.71. The summed E-state index contributed by atoms with van der Waals surface area (Å²) in [5.74, 6) is -0.933. The molecule has 0 saturated carbocycles. The van der Waals surface area contributed by atoms with E-state index in [0.717, 1.165) is 0 Å². The molecule has 2 amide bonds. The van der Waals surface area contributed by atoms with Crippen LogP contribution in [0.25, 0.3) is 0 Å². The summed E-state index contributed by atoms with van der Waals surface area (Å²) in [4.78, 5) is 35.0. The lowest BCUT2D eigenvalue weighted by Crippen LogP contribution is -2.41. The number of thioether (sulfide) groups is 1. The lowest BCUT2D eigenvalue weighted by atomic mass is 10.1. The smallest absolute Gasteiger partial charge is 0.326 e. The van der Waals surface area contributed by atoms with Crippen molar-refractivity contribution in [2.24, 2.45) is 5.73 Å². The molecule has 1 rings (SSSR count). The van der Waals surface area contributed by atoms with Crippen LogP contribution in [-0.4, -0.2) is 52.7 Å². The van der Waals surface area contributed by atoms with Gasteiger partial charge in [-0.05, 0) is 36.1 Å². The minimum absolute atomic E-state index is 0.0192. The largest absolute Gasteiger partial charge is 0.480 e. The minimum Gasteiger partial charge on any atom is -0.480 e. The highest BCUT2D eigenvalue weighted by atomic mass is 32.2. The Kier molecular flexibility index (Phi) is 9.40. The average Bonchev–Trinajstić information content (AvgIpc) is 2.57. The van der Waals surface area contributed by atoms with Gasteiger partial charge in [0.1, 0.15) is 6.04 Å². The molecular formula is C16H23N3O4S2. The fourth-order valence-corrected chi connectivity index (χ4v) is 2.64. The number of thiol groups is 1. The number of nitrogens with two attached hydrogens (primary N) is 1. The van der Waals surface area contributed by atoms with Gasteiger partial charge >= 0.3 is 5.97 Å². The first-order valence-corrected chi connectivity index (χ1v) is 9.67. The summed E-state index contributed by atoms with van der Waals surface area (Å²) >= 11 is 5.49. The number of carbonyl (C=O) groups is 3. The van der Waals surface area contributed by atoms with E-state index in [1.807, 2.05) is 6.26 Å². The van der Waals surface area contributed by atoms with E-state index in [2.05, 4.69) is 23.3 Å². The molecule has 0 aliphatic carbocycles. The quantitative estimate of drug-likeness (QED) is 0.379. The van der Waals surface area contributed by atoms with Gasteiger partial charge in [-0.25, -0.2) is 4.79 Å². The topological polar surface area (TPSA) is 122 Å². The van der Waals surface area contributed by atoms with Crippen LogP contribution in [0.1, 0.15) is 12.0 Å². The Morgan fingerprint density at radius 1 is 1.36 bits per heavy atom. The number of carboxylic acid groups (broad SMARTS) is 1. The van der Waals surface area contributed by atoms with Gasteiger partial charge in [0.2, 0.25) is 11.8 Å². The van der Waals surface area contributed by atoms with E-state index in [0.29, 0.717) is 23.4 Å². The zero-order valence-electron chi connectivity index (χ0n) is 13.9. The van der Waals surface area contributed by atoms with Crippen LogP contribution in [0, 0.1) is 0 Å². The second kappa shape index (κ2) is 11.0. The van der Waals surface area contributed by atoms with E-state index < -0.39 is 18.1 Å². The molecule has 0 spiro atoms. The highest BCUT2D eigenvalue weighted by molar-refractivity contribution is 7.98. The summed E-state index contributed by atoms with van der Waals surface area (Å²) in [6.07, 6.45) is 2.26. The Balaban J connectivity index is 2.66. The number of rotatable bonds is 10. The van der Waals surface area contributed by atoms with Crippen LogP contribution in [0.2, 0.25) is 0 Å². The Bertz CT molecular complexity index is 613. The van der Waals surface area contributed by atoms with Crippen LogP contribution in [0.3, 0.4) is 0 Å².